The molecule has 2 N–H and O–H groups in total. The molecule has 0 saturated carbocycles. The Morgan fingerprint density at radius 1 is 1.09 bits per heavy atom. The van der Waals surface area contributed by atoms with Crippen molar-refractivity contribution >= 4 is 33.3 Å². The first-order valence-electron chi connectivity index (χ1n) is 7.39. The Kier molecular flexibility index (Phi) is 3.12. The van der Waals surface area contributed by atoms with Crippen LogP contribution >= 0.6 is 0 Å². The SMILES string of the molecule is COc1cccc(Nc2cc(C)[nH]c3ccc4ncnc4c23)c1. The molecule has 0 unspecified atom stereocenters. The zero-order valence-corrected chi connectivity index (χ0v) is 12.9. The maximum Gasteiger partial charge on any atom is 0.120 e. The quantitative estimate of drug-likeness (QED) is 0.596. The van der Waals surface area contributed by atoms with Gasteiger partial charge in [0.15, 0.2) is 0 Å². The number of anilines is 2. The van der Waals surface area contributed by atoms with Gasteiger partial charge in [-0.2, -0.15) is 0 Å². The Morgan fingerprint density at radius 3 is 2.87 bits per heavy atom. The third kappa shape index (κ3) is 2.36. The lowest BCUT2D eigenvalue weighted by molar-refractivity contribution is 0.415. The summed E-state index contributed by atoms with van der Waals surface area (Å²) >= 11 is 0. The van der Waals surface area contributed by atoms with Crippen molar-refractivity contribution in [1.29, 1.82) is 0 Å². The highest BCUT2D eigenvalue weighted by atomic mass is 16.5. The minimum absolute atomic E-state index is 0.816. The fourth-order valence-electron chi connectivity index (χ4n) is 2.83. The molecule has 0 bridgehead atoms. The molecule has 23 heavy (non-hydrogen) atoms. The number of fused-ring (bicyclic) bond motifs is 3. The summed E-state index contributed by atoms with van der Waals surface area (Å²) in [6, 6.07) is 14.0. The number of methoxy groups -OCH3 is 1. The molecule has 5 nitrogen and oxygen atoms in total. The van der Waals surface area contributed by atoms with Gasteiger partial charge < -0.3 is 15.0 Å². The maximum atomic E-state index is 5.29. The number of nitrogens with zero attached hydrogens (tertiary/aromatic N) is 2. The van der Waals surface area contributed by atoms with Crippen molar-refractivity contribution in [2.24, 2.45) is 0 Å². The van der Waals surface area contributed by atoms with E-state index in [1.807, 2.05) is 43.3 Å². The average Bonchev–Trinajstić information content (AvgIpc) is 3.03. The van der Waals surface area contributed by atoms with Crippen LogP contribution in [0.5, 0.6) is 5.75 Å². The lowest BCUT2D eigenvalue weighted by Gasteiger charge is -2.13. The number of aryl methyl sites for hydroxylation is 1. The molecule has 0 radical (unpaired) electrons. The van der Waals surface area contributed by atoms with Gasteiger partial charge in [-0.1, -0.05) is 6.07 Å². The summed E-state index contributed by atoms with van der Waals surface area (Å²) in [5, 5.41) is 4.51. The van der Waals surface area contributed by atoms with E-state index in [2.05, 4.69) is 26.3 Å². The van der Waals surface area contributed by atoms with E-state index in [1.165, 1.54) is 0 Å². The van der Waals surface area contributed by atoms with E-state index in [4.69, 9.17) is 4.74 Å². The van der Waals surface area contributed by atoms with E-state index >= 15 is 0 Å². The minimum atomic E-state index is 0.816. The monoisotopic (exact) mass is 304 g/mol. The third-order valence-corrected chi connectivity index (χ3v) is 3.85. The lowest BCUT2D eigenvalue weighted by Crippen LogP contribution is -1.96. The molecular weight excluding hydrogens is 288 g/mol. The molecule has 0 saturated heterocycles. The molecule has 0 atom stereocenters. The Labute approximate surface area is 133 Å². The maximum absolute atomic E-state index is 5.29. The highest BCUT2D eigenvalue weighted by molar-refractivity contribution is 6.10. The van der Waals surface area contributed by atoms with Crippen molar-refractivity contribution in [1.82, 2.24) is 15.0 Å². The summed E-state index contributed by atoms with van der Waals surface area (Å²) in [5.41, 5.74) is 5.85. The number of benzene rings is 2. The van der Waals surface area contributed by atoms with Crippen molar-refractivity contribution in [3.05, 3.63) is 54.5 Å². The number of H-pyrrole nitrogens is 1. The van der Waals surface area contributed by atoms with Gasteiger partial charge in [0.2, 0.25) is 0 Å². The predicted octanol–water partition coefficient (Wildman–Crippen LogP) is 4.17. The van der Waals surface area contributed by atoms with Crippen molar-refractivity contribution < 1.29 is 4.74 Å². The topological polar surface area (TPSA) is 62.8 Å². The van der Waals surface area contributed by atoms with Gasteiger partial charge in [-0.3, -0.25) is 0 Å². The number of aromatic nitrogens is 3. The largest absolute Gasteiger partial charge is 0.497 e. The van der Waals surface area contributed by atoms with Crippen LogP contribution in [0.3, 0.4) is 0 Å². The van der Waals surface area contributed by atoms with E-state index < -0.39 is 0 Å². The highest BCUT2D eigenvalue weighted by Gasteiger charge is 2.10. The summed E-state index contributed by atoms with van der Waals surface area (Å²) in [4.78, 5) is 12.1. The number of imidazole rings is 1. The van der Waals surface area contributed by atoms with Gasteiger partial charge >= 0.3 is 0 Å². The van der Waals surface area contributed by atoms with Crippen LogP contribution in [0.15, 0.2) is 48.8 Å². The number of pyridine rings is 1. The second-order valence-corrected chi connectivity index (χ2v) is 5.45. The summed E-state index contributed by atoms with van der Waals surface area (Å²) in [5.74, 6) is 0.816. The summed E-state index contributed by atoms with van der Waals surface area (Å²) in [6.07, 6.45) is 1.60. The van der Waals surface area contributed by atoms with Crippen LogP contribution in [0.2, 0.25) is 0 Å². The number of aromatic amines is 1. The molecule has 5 heteroatoms. The van der Waals surface area contributed by atoms with E-state index in [1.54, 1.807) is 13.4 Å². The Balaban J connectivity index is 1.92. The molecule has 4 aromatic rings. The van der Waals surface area contributed by atoms with Crippen molar-refractivity contribution in [3.8, 4) is 5.75 Å². The molecule has 0 aliphatic rings. The van der Waals surface area contributed by atoms with Crippen molar-refractivity contribution in [2.45, 2.75) is 6.92 Å². The molecule has 2 aromatic heterocycles. The van der Waals surface area contributed by atoms with Gasteiger partial charge in [-0.15, -0.1) is 0 Å². The van der Waals surface area contributed by atoms with E-state index in [9.17, 15) is 0 Å². The number of hydrogen-bond donors (Lipinski definition) is 2. The van der Waals surface area contributed by atoms with Crippen LogP contribution in [0, 0.1) is 6.92 Å². The van der Waals surface area contributed by atoms with Crippen LogP contribution in [-0.2, 0) is 0 Å². The Hall–Kier alpha value is -3.08. The first kappa shape index (κ1) is 13.6. The van der Waals surface area contributed by atoms with Crippen LogP contribution in [0.1, 0.15) is 5.69 Å². The summed E-state index contributed by atoms with van der Waals surface area (Å²) < 4.78 is 5.29. The van der Waals surface area contributed by atoms with E-state index in [0.29, 0.717) is 0 Å². The van der Waals surface area contributed by atoms with Gasteiger partial charge in [0, 0.05) is 28.4 Å². The lowest BCUT2D eigenvalue weighted by atomic mass is 10.1. The Morgan fingerprint density at radius 2 is 2.00 bits per heavy atom. The number of nitrogens with one attached hydrogen (secondary N) is 2. The van der Waals surface area contributed by atoms with Gasteiger partial charge in [-0.25, -0.2) is 9.97 Å². The zero-order valence-electron chi connectivity index (χ0n) is 12.9. The van der Waals surface area contributed by atoms with Crippen molar-refractivity contribution in [2.75, 3.05) is 12.4 Å². The van der Waals surface area contributed by atoms with Crippen LogP contribution in [-0.4, -0.2) is 22.1 Å². The number of hydrogen-bond acceptors (Lipinski definition) is 4. The molecule has 0 amide bonds. The van der Waals surface area contributed by atoms with Gasteiger partial charge in [0.05, 0.1) is 18.3 Å². The molecule has 2 aromatic carbocycles. The van der Waals surface area contributed by atoms with E-state index in [0.717, 1.165) is 44.8 Å². The molecular formula is C18H16N4O. The predicted molar refractivity (Wildman–Crippen MR) is 92.4 cm³/mol. The fourth-order valence-corrected chi connectivity index (χ4v) is 2.83. The van der Waals surface area contributed by atoms with Crippen molar-refractivity contribution in [3.63, 3.8) is 0 Å². The van der Waals surface area contributed by atoms with Crippen LogP contribution in [0.25, 0.3) is 21.9 Å². The zero-order chi connectivity index (χ0) is 15.8. The third-order valence-electron chi connectivity index (χ3n) is 3.85. The van der Waals surface area contributed by atoms with Crippen LogP contribution in [0.4, 0.5) is 11.4 Å². The Bertz CT molecular complexity index is 1010. The summed E-state index contributed by atoms with van der Waals surface area (Å²) in [6.45, 7) is 2.04. The molecule has 2 heterocycles. The molecule has 0 fully saturated rings. The smallest absolute Gasteiger partial charge is 0.120 e. The first-order valence-corrected chi connectivity index (χ1v) is 7.39. The normalized spacial score (nSPS) is 11.0. The molecule has 0 spiro atoms. The first-order chi connectivity index (χ1) is 11.2. The number of rotatable bonds is 3. The van der Waals surface area contributed by atoms with Gasteiger partial charge in [-0.05, 0) is 37.3 Å². The fraction of sp³-hybridized carbons (Fsp3) is 0.111. The standard InChI is InChI=1S/C18H16N4O/c1-11-8-16(22-12-4-3-5-13(9-12)23-2)17-14(21-11)6-7-15-18(17)20-10-19-15/h3-10,21-22H,1-2H3. The van der Waals surface area contributed by atoms with E-state index in [-0.39, 0.29) is 0 Å². The van der Waals surface area contributed by atoms with Crippen LogP contribution < -0.4 is 10.1 Å². The summed E-state index contributed by atoms with van der Waals surface area (Å²) in [7, 11) is 1.67. The average molecular weight is 304 g/mol. The minimum Gasteiger partial charge on any atom is -0.497 e. The molecule has 0 aliphatic carbocycles. The second kappa shape index (κ2) is 5.28. The second-order valence-electron chi connectivity index (χ2n) is 5.45. The van der Waals surface area contributed by atoms with Gasteiger partial charge in [0.1, 0.15) is 17.6 Å². The molecule has 4 rings (SSSR count). The molecule has 114 valence electrons. The number of ether oxygens (including phenoxy) is 1. The molecule has 0 aliphatic heterocycles. The van der Waals surface area contributed by atoms with Gasteiger partial charge in [0.25, 0.3) is 0 Å². The highest BCUT2D eigenvalue weighted by Crippen LogP contribution is 2.32.